The predicted molar refractivity (Wildman–Crippen MR) is 167 cm³/mol. The number of nitrogens with one attached hydrogen (secondary N) is 1. The molecule has 4 amide bonds. The fourth-order valence-corrected chi connectivity index (χ4v) is 4.90. The molecule has 9 nitrogen and oxygen atoms in total. The van der Waals surface area contributed by atoms with Crippen LogP contribution in [0, 0.1) is 0 Å². The van der Waals surface area contributed by atoms with E-state index in [2.05, 4.69) is 23.5 Å². The summed E-state index contributed by atoms with van der Waals surface area (Å²) in [6.45, 7) is 5.04. The van der Waals surface area contributed by atoms with Crippen LogP contribution in [-0.2, 0) is 22.7 Å². The zero-order chi connectivity index (χ0) is 31.1. The number of urea groups is 1. The van der Waals surface area contributed by atoms with Gasteiger partial charge in [-0.05, 0) is 71.1 Å². The Labute approximate surface area is 256 Å². The third-order valence-corrected chi connectivity index (χ3v) is 7.06. The number of methoxy groups -OCH3 is 1. The van der Waals surface area contributed by atoms with E-state index in [-0.39, 0.29) is 12.1 Å². The van der Waals surface area contributed by atoms with E-state index in [1.54, 1.807) is 36.4 Å². The molecule has 0 spiro atoms. The van der Waals surface area contributed by atoms with Crippen molar-refractivity contribution < 1.29 is 33.3 Å². The van der Waals surface area contributed by atoms with Crippen molar-refractivity contribution >= 4 is 34.7 Å². The van der Waals surface area contributed by atoms with Gasteiger partial charge < -0.3 is 18.9 Å². The Morgan fingerprint density at radius 3 is 2.36 bits per heavy atom. The zero-order valence-corrected chi connectivity index (χ0v) is 24.9. The molecule has 1 N–H and O–H groups in total. The zero-order valence-electron chi connectivity index (χ0n) is 24.9. The van der Waals surface area contributed by atoms with Gasteiger partial charge in [-0.3, -0.25) is 19.8 Å². The summed E-state index contributed by atoms with van der Waals surface area (Å²) in [5, 5.41) is 4.50. The SMILES string of the molecule is CCCOc1ccc(CN2C(=O)NC(=O)/C(=C\c3ccc(OCc4cccc5ccccc45)c(OCC)c3)C2=O)cc1OC. The summed E-state index contributed by atoms with van der Waals surface area (Å²) in [5.74, 6) is 0.566. The van der Waals surface area contributed by atoms with Gasteiger partial charge in [0.1, 0.15) is 12.2 Å². The molecule has 1 saturated heterocycles. The Kier molecular flexibility index (Phi) is 9.44. The summed E-state index contributed by atoms with van der Waals surface area (Å²) in [7, 11) is 1.52. The van der Waals surface area contributed by atoms with E-state index in [9.17, 15) is 14.4 Å². The average Bonchev–Trinajstić information content (AvgIpc) is 3.04. The predicted octanol–water partition coefficient (Wildman–Crippen LogP) is 6.28. The minimum Gasteiger partial charge on any atom is -0.493 e. The van der Waals surface area contributed by atoms with E-state index >= 15 is 0 Å². The fraction of sp³-hybridized carbons (Fsp3) is 0.229. The number of benzene rings is 4. The van der Waals surface area contributed by atoms with E-state index < -0.39 is 17.8 Å². The molecule has 1 aliphatic heterocycles. The molecule has 226 valence electrons. The van der Waals surface area contributed by atoms with E-state index in [0.29, 0.717) is 53.9 Å². The van der Waals surface area contributed by atoms with Crippen molar-refractivity contribution in [3.8, 4) is 23.0 Å². The molecule has 0 aliphatic carbocycles. The van der Waals surface area contributed by atoms with Crippen molar-refractivity contribution in [1.29, 1.82) is 0 Å². The largest absolute Gasteiger partial charge is 0.493 e. The monoisotopic (exact) mass is 594 g/mol. The maximum atomic E-state index is 13.4. The number of barbiturate groups is 1. The lowest BCUT2D eigenvalue weighted by atomic mass is 10.1. The van der Waals surface area contributed by atoms with Crippen LogP contribution in [0.4, 0.5) is 4.79 Å². The standard InChI is InChI=1S/C35H34N2O7/c1-4-17-43-29-16-14-24(20-31(29)41-3)21-37-34(39)28(33(38)36-35(37)40)18-23-13-15-30(32(19-23)42-5-2)44-22-26-11-8-10-25-9-6-7-12-27(25)26/h6-16,18-20H,4-5,17,21-22H2,1-3H3,(H,36,38,40)/b28-18+. The van der Waals surface area contributed by atoms with Crippen molar-refractivity contribution in [2.75, 3.05) is 20.3 Å². The average molecular weight is 595 g/mol. The van der Waals surface area contributed by atoms with Crippen LogP contribution in [0.5, 0.6) is 23.0 Å². The molecule has 5 rings (SSSR count). The first-order valence-corrected chi connectivity index (χ1v) is 14.5. The second kappa shape index (κ2) is 13.8. The van der Waals surface area contributed by atoms with Crippen molar-refractivity contribution in [3.05, 3.63) is 101 Å². The summed E-state index contributed by atoms with van der Waals surface area (Å²) >= 11 is 0. The van der Waals surface area contributed by atoms with Crippen LogP contribution in [0.3, 0.4) is 0 Å². The lowest BCUT2D eigenvalue weighted by Crippen LogP contribution is -2.53. The molecular formula is C35H34N2O7. The molecule has 0 radical (unpaired) electrons. The van der Waals surface area contributed by atoms with Gasteiger partial charge in [-0.25, -0.2) is 4.79 Å². The summed E-state index contributed by atoms with van der Waals surface area (Å²) in [5.41, 5.74) is 2.03. The lowest BCUT2D eigenvalue weighted by molar-refractivity contribution is -0.130. The topological polar surface area (TPSA) is 103 Å². The van der Waals surface area contributed by atoms with E-state index in [0.717, 1.165) is 27.7 Å². The third kappa shape index (κ3) is 6.67. The number of nitrogens with zero attached hydrogens (tertiary/aromatic N) is 1. The van der Waals surface area contributed by atoms with Gasteiger partial charge in [0.2, 0.25) is 0 Å². The van der Waals surface area contributed by atoms with Crippen molar-refractivity contribution in [3.63, 3.8) is 0 Å². The third-order valence-electron chi connectivity index (χ3n) is 7.06. The van der Waals surface area contributed by atoms with Gasteiger partial charge >= 0.3 is 6.03 Å². The molecule has 1 fully saturated rings. The van der Waals surface area contributed by atoms with Crippen molar-refractivity contribution in [2.24, 2.45) is 0 Å². The first-order chi connectivity index (χ1) is 21.4. The number of amides is 4. The molecule has 0 bridgehead atoms. The maximum Gasteiger partial charge on any atom is 0.331 e. The van der Waals surface area contributed by atoms with Crippen LogP contribution < -0.4 is 24.3 Å². The molecule has 9 heteroatoms. The highest BCUT2D eigenvalue weighted by atomic mass is 16.5. The van der Waals surface area contributed by atoms with Crippen molar-refractivity contribution in [1.82, 2.24) is 10.2 Å². The molecule has 4 aromatic carbocycles. The minimum atomic E-state index is -0.797. The van der Waals surface area contributed by atoms with Crippen molar-refractivity contribution in [2.45, 2.75) is 33.4 Å². The van der Waals surface area contributed by atoms with E-state index in [1.807, 2.05) is 38.1 Å². The quantitative estimate of drug-likeness (QED) is 0.152. The first kappa shape index (κ1) is 30.2. The Hall–Kier alpha value is -5.31. The number of imide groups is 2. The maximum absolute atomic E-state index is 13.4. The van der Waals surface area contributed by atoms with Crippen LogP contribution in [0.25, 0.3) is 16.8 Å². The van der Waals surface area contributed by atoms with Crippen LogP contribution in [-0.4, -0.2) is 43.1 Å². The summed E-state index contributed by atoms with van der Waals surface area (Å²) < 4.78 is 23.1. The number of hydrogen-bond acceptors (Lipinski definition) is 7. The van der Waals surface area contributed by atoms with Gasteiger partial charge in [0, 0.05) is 0 Å². The fourth-order valence-electron chi connectivity index (χ4n) is 4.90. The molecule has 1 heterocycles. The van der Waals surface area contributed by atoms with Gasteiger partial charge in [-0.15, -0.1) is 0 Å². The smallest absolute Gasteiger partial charge is 0.331 e. The molecule has 0 unspecified atom stereocenters. The highest BCUT2D eigenvalue weighted by Crippen LogP contribution is 2.32. The normalized spacial score (nSPS) is 14.1. The number of hydrogen-bond donors (Lipinski definition) is 1. The first-order valence-electron chi connectivity index (χ1n) is 14.5. The second-order valence-corrected chi connectivity index (χ2v) is 10.1. The van der Waals surface area contributed by atoms with Crippen LogP contribution in [0.15, 0.2) is 84.4 Å². The Morgan fingerprint density at radius 1 is 0.795 bits per heavy atom. The number of carbonyl (C=O) groups is 3. The Morgan fingerprint density at radius 2 is 1.57 bits per heavy atom. The van der Waals surface area contributed by atoms with E-state index in [1.165, 1.54) is 13.2 Å². The lowest BCUT2D eigenvalue weighted by Gasteiger charge is -2.26. The number of fused-ring (bicyclic) bond motifs is 1. The van der Waals surface area contributed by atoms with Crippen LogP contribution in [0.1, 0.15) is 37.0 Å². The summed E-state index contributed by atoms with van der Waals surface area (Å²) in [6, 6.07) is 23.7. The Bertz CT molecular complexity index is 1720. The molecule has 0 saturated carbocycles. The van der Waals surface area contributed by atoms with Crippen LogP contribution in [0.2, 0.25) is 0 Å². The number of carbonyl (C=O) groups excluding carboxylic acids is 3. The minimum absolute atomic E-state index is 0.0646. The number of rotatable bonds is 12. The highest BCUT2D eigenvalue weighted by Gasteiger charge is 2.36. The van der Waals surface area contributed by atoms with Gasteiger partial charge in [0.05, 0.1) is 26.9 Å². The van der Waals surface area contributed by atoms with Gasteiger partial charge in [-0.1, -0.05) is 61.5 Å². The van der Waals surface area contributed by atoms with Gasteiger partial charge in [0.25, 0.3) is 11.8 Å². The molecule has 44 heavy (non-hydrogen) atoms. The van der Waals surface area contributed by atoms with E-state index in [4.69, 9.17) is 18.9 Å². The molecule has 0 aromatic heterocycles. The second-order valence-electron chi connectivity index (χ2n) is 10.1. The van der Waals surface area contributed by atoms with Gasteiger partial charge in [-0.2, -0.15) is 0 Å². The highest BCUT2D eigenvalue weighted by molar-refractivity contribution is 6.31. The summed E-state index contributed by atoms with van der Waals surface area (Å²) in [4.78, 5) is 39.9. The molecule has 0 atom stereocenters. The molecule has 1 aliphatic rings. The van der Waals surface area contributed by atoms with Crippen LogP contribution >= 0.6 is 0 Å². The summed E-state index contributed by atoms with van der Waals surface area (Å²) in [6.07, 6.45) is 2.28. The van der Waals surface area contributed by atoms with Gasteiger partial charge in [0.15, 0.2) is 23.0 Å². The molecule has 4 aromatic rings. The Balaban J connectivity index is 1.36. The number of ether oxygens (including phenoxy) is 4. The molecular weight excluding hydrogens is 560 g/mol.